The first-order valence-electron chi connectivity index (χ1n) is 5.76. The highest BCUT2D eigenvalue weighted by Gasteiger charge is 2.19. The molecule has 1 heterocycles. The molecule has 1 aromatic rings. The van der Waals surface area contributed by atoms with Crippen LogP contribution in [0.25, 0.3) is 0 Å². The maximum atomic E-state index is 11.9. The van der Waals surface area contributed by atoms with Crippen LogP contribution in [0.15, 0.2) is 17.5 Å². The summed E-state index contributed by atoms with van der Waals surface area (Å²) in [6.07, 6.45) is 1.70. The van der Waals surface area contributed by atoms with Gasteiger partial charge in [-0.15, -0.1) is 11.3 Å². The number of hydrogen-bond acceptors (Lipinski definition) is 3. The molecule has 0 aliphatic rings. The number of carbonyl (C=O) groups excluding carboxylic acids is 1. The van der Waals surface area contributed by atoms with Crippen molar-refractivity contribution in [1.29, 1.82) is 0 Å². The van der Waals surface area contributed by atoms with Crippen molar-refractivity contribution in [3.05, 3.63) is 22.4 Å². The van der Waals surface area contributed by atoms with Crippen LogP contribution in [0.5, 0.6) is 0 Å². The molecule has 3 N–H and O–H groups in total. The first-order valence-corrected chi connectivity index (χ1v) is 6.64. The summed E-state index contributed by atoms with van der Waals surface area (Å²) in [5.41, 5.74) is 5.56. The Bertz CT molecular complexity index is 307. The molecule has 0 fully saturated rings. The van der Waals surface area contributed by atoms with Crippen molar-refractivity contribution in [3.63, 3.8) is 0 Å². The quantitative estimate of drug-likeness (QED) is 0.801. The highest BCUT2D eigenvalue weighted by atomic mass is 32.1. The van der Waals surface area contributed by atoms with Crippen molar-refractivity contribution >= 4 is 17.2 Å². The van der Waals surface area contributed by atoms with Gasteiger partial charge in [-0.05, 0) is 24.3 Å². The Morgan fingerprint density at radius 3 is 2.69 bits per heavy atom. The monoisotopic (exact) mass is 240 g/mol. The zero-order valence-electron chi connectivity index (χ0n) is 9.90. The van der Waals surface area contributed by atoms with Crippen molar-refractivity contribution in [1.82, 2.24) is 5.32 Å². The molecule has 1 amide bonds. The molecule has 1 aromatic heterocycles. The first kappa shape index (κ1) is 13.2. The van der Waals surface area contributed by atoms with Gasteiger partial charge in [0.2, 0.25) is 5.91 Å². The Labute approximate surface area is 101 Å². The van der Waals surface area contributed by atoms with Crippen molar-refractivity contribution in [2.75, 3.05) is 6.54 Å². The van der Waals surface area contributed by atoms with Gasteiger partial charge >= 0.3 is 0 Å². The average Bonchev–Trinajstić information content (AvgIpc) is 2.81. The summed E-state index contributed by atoms with van der Waals surface area (Å²) in [5, 5.41) is 5.09. The molecule has 4 heteroatoms. The normalized spacial score (nSPS) is 14.4. The van der Waals surface area contributed by atoms with E-state index in [1.807, 2.05) is 18.4 Å². The fourth-order valence-corrected chi connectivity index (χ4v) is 2.47. The Morgan fingerprint density at radius 2 is 2.25 bits per heavy atom. The van der Waals surface area contributed by atoms with Gasteiger partial charge in [-0.2, -0.15) is 0 Å². The van der Waals surface area contributed by atoms with Crippen LogP contribution < -0.4 is 11.1 Å². The van der Waals surface area contributed by atoms with Gasteiger partial charge < -0.3 is 11.1 Å². The standard InChI is InChI=1S/C12H20N2OS/c1-3-9(8-13)12(15)14-10(4-2)11-6-5-7-16-11/h5-7,9-10H,3-4,8,13H2,1-2H3,(H,14,15). The number of carbonyl (C=O) groups is 1. The van der Waals surface area contributed by atoms with Crippen LogP contribution in [-0.2, 0) is 4.79 Å². The molecule has 16 heavy (non-hydrogen) atoms. The van der Waals surface area contributed by atoms with Crippen LogP contribution in [0.2, 0.25) is 0 Å². The van der Waals surface area contributed by atoms with Crippen LogP contribution in [0.1, 0.15) is 37.6 Å². The molecular weight excluding hydrogens is 220 g/mol. The summed E-state index contributed by atoms with van der Waals surface area (Å²) in [5.74, 6) is 0.0132. The van der Waals surface area contributed by atoms with Gasteiger partial charge in [0.1, 0.15) is 0 Å². The van der Waals surface area contributed by atoms with E-state index in [1.54, 1.807) is 11.3 Å². The number of amides is 1. The van der Waals surface area contributed by atoms with Crippen LogP contribution in [-0.4, -0.2) is 12.5 Å². The molecule has 0 radical (unpaired) electrons. The van der Waals surface area contributed by atoms with Gasteiger partial charge in [-0.25, -0.2) is 0 Å². The van der Waals surface area contributed by atoms with E-state index in [0.29, 0.717) is 6.54 Å². The SMILES string of the molecule is CCC(CN)C(=O)NC(CC)c1cccs1. The van der Waals surface area contributed by atoms with E-state index in [1.165, 1.54) is 4.88 Å². The molecule has 3 nitrogen and oxygen atoms in total. The lowest BCUT2D eigenvalue weighted by Gasteiger charge is -2.19. The van der Waals surface area contributed by atoms with E-state index in [9.17, 15) is 4.79 Å². The predicted molar refractivity (Wildman–Crippen MR) is 68.3 cm³/mol. The predicted octanol–water partition coefficient (Wildman–Crippen LogP) is 2.30. The first-order chi connectivity index (χ1) is 7.72. The van der Waals surface area contributed by atoms with E-state index >= 15 is 0 Å². The second-order valence-electron chi connectivity index (χ2n) is 3.83. The smallest absolute Gasteiger partial charge is 0.224 e. The lowest BCUT2D eigenvalue weighted by molar-refractivity contribution is -0.125. The Kier molecular flexibility index (Phi) is 5.49. The molecule has 0 bridgehead atoms. The molecular formula is C12H20N2OS. The van der Waals surface area contributed by atoms with E-state index < -0.39 is 0 Å². The summed E-state index contributed by atoms with van der Waals surface area (Å²) in [4.78, 5) is 13.1. The molecule has 0 aliphatic heterocycles. The lowest BCUT2D eigenvalue weighted by atomic mass is 10.0. The van der Waals surface area contributed by atoms with E-state index in [0.717, 1.165) is 12.8 Å². The molecule has 0 spiro atoms. The minimum atomic E-state index is -0.0611. The van der Waals surface area contributed by atoms with E-state index in [-0.39, 0.29) is 17.9 Å². The molecule has 0 aromatic carbocycles. The number of rotatable bonds is 6. The Hall–Kier alpha value is -0.870. The summed E-state index contributed by atoms with van der Waals surface area (Å²) < 4.78 is 0. The fourth-order valence-electron chi connectivity index (χ4n) is 1.61. The third-order valence-electron chi connectivity index (χ3n) is 2.76. The van der Waals surface area contributed by atoms with Crippen LogP contribution in [0.3, 0.4) is 0 Å². The number of nitrogens with two attached hydrogens (primary N) is 1. The van der Waals surface area contributed by atoms with Crippen molar-refractivity contribution < 1.29 is 4.79 Å². The largest absolute Gasteiger partial charge is 0.348 e. The molecule has 0 saturated heterocycles. The van der Waals surface area contributed by atoms with Crippen molar-refractivity contribution in [2.45, 2.75) is 32.7 Å². The highest BCUT2D eigenvalue weighted by molar-refractivity contribution is 7.10. The summed E-state index contributed by atoms with van der Waals surface area (Å²) >= 11 is 1.68. The van der Waals surface area contributed by atoms with Crippen molar-refractivity contribution in [2.24, 2.45) is 11.7 Å². The van der Waals surface area contributed by atoms with Gasteiger partial charge in [-0.3, -0.25) is 4.79 Å². The minimum Gasteiger partial charge on any atom is -0.348 e. The second kappa shape index (κ2) is 6.66. The van der Waals surface area contributed by atoms with Crippen LogP contribution >= 0.6 is 11.3 Å². The van der Waals surface area contributed by atoms with Gasteiger partial charge in [0.15, 0.2) is 0 Å². The molecule has 2 atom stereocenters. The zero-order valence-corrected chi connectivity index (χ0v) is 10.7. The number of nitrogens with one attached hydrogen (secondary N) is 1. The second-order valence-corrected chi connectivity index (χ2v) is 4.80. The van der Waals surface area contributed by atoms with Gasteiger partial charge in [0.05, 0.1) is 6.04 Å². The molecule has 0 saturated carbocycles. The summed E-state index contributed by atoms with van der Waals surface area (Å²) in [6, 6.07) is 4.20. The number of hydrogen-bond donors (Lipinski definition) is 2. The highest BCUT2D eigenvalue weighted by Crippen LogP contribution is 2.22. The van der Waals surface area contributed by atoms with Gasteiger partial charge in [0, 0.05) is 17.3 Å². The number of thiophene rings is 1. The average molecular weight is 240 g/mol. The van der Waals surface area contributed by atoms with Gasteiger partial charge in [-0.1, -0.05) is 19.9 Å². The maximum Gasteiger partial charge on any atom is 0.224 e. The zero-order chi connectivity index (χ0) is 12.0. The van der Waals surface area contributed by atoms with Crippen LogP contribution in [0, 0.1) is 5.92 Å². The summed E-state index contributed by atoms with van der Waals surface area (Å²) in [7, 11) is 0. The maximum absolute atomic E-state index is 11.9. The lowest BCUT2D eigenvalue weighted by Crippen LogP contribution is -2.36. The molecule has 0 aliphatic carbocycles. The molecule has 90 valence electrons. The van der Waals surface area contributed by atoms with E-state index in [2.05, 4.69) is 18.3 Å². The third-order valence-corrected chi connectivity index (χ3v) is 3.75. The van der Waals surface area contributed by atoms with Crippen molar-refractivity contribution in [3.8, 4) is 0 Å². The van der Waals surface area contributed by atoms with Crippen LogP contribution in [0.4, 0.5) is 0 Å². The summed E-state index contributed by atoms with van der Waals surface area (Å²) in [6.45, 7) is 4.49. The third kappa shape index (κ3) is 3.32. The topological polar surface area (TPSA) is 55.1 Å². The fraction of sp³-hybridized carbons (Fsp3) is 0.583. The Balaban J connectivity index is 2.60. The molecule has 2 unspecified atom stereocenters. The van der Waals surface area contributed by atoms with E-state index in [4.69, 9.17) is 5.73 Å². The minimum absolute atomic E-state index is 0.0611. The Morgan fingerprint density at radius 1 is 1.50 bits per heavy atom. The van der Waals surface area contributed by atoms with Gasteiger partial charge in [0.25, 0.3) is 0 Å². The molecule has 1 rings (SSSR count).